The van der Waals surface area contributed by atoms with Gasteiger partial charge in [-0.15, -0.1) is 0 Å². The largest absolute Gasteiger partial charge is 0.352 e. The highest BCUT2D eigenvalue weighted by atomic mass is 16.1. The minimum absolute atomic E-state index is 0.0380. The fraction of sp³-hybridized carbons (Fsp3) is 0.320. The van der Waals surface area contributed by atoms with Crippen LogP contribution >= 0.6 is 0 Å². The number of hydrogen-bond acceptors (Lipinski definition) is 4. The molecule has 2 aromatic carbocycles. The molecule has 1 unspecified atom stereocenters. The second kappa shape index (κ2) is 9.08. The summed E-state index contributed by atoms with van der Waals surface area (Å²) in [6.07, 6.45) is 5.60. The van der Waals surface area contributed by atoms with Gasteiger partial charge in [0.05, 0.1) is 5.92 Å². The van der Waals surface area contributed by atoms with Crippen LogP contribution in [0.15, 0.2) is 60.9 Å². The maximum absolute atomic E-state index is 12.7. The molecular formula is C25H28N4O. The number of aryl methyl sites for hydroxylation is 2. The number of aromatic nitrogens is 2. The summed E-state index contributed by atoms with van der Waals surface area (Å²) in [6.45, 7) is 6.25. The van der Waals surface area contributed by atoms with Gasteiger partial charge < -0.3 is 10.2 Å². The highest BCUT2D eigenvalue weighted by Crippen LogP contribution is 2.23. The summed E-state index contributed by atoms with van der Waals surface area (Å²) in [5.74, 6) is 0.767. The van der Waals surface area contributed by atoms with Crippen LogP contribution in [0, 0.1) is 19.8 Å². The van der Waals surface area contributed by atoms with Crippen molar-refractivity contribution in [2.45, 2.75) is 33.2 Å². The first-order valence-electron chi connectivity index (χ1n) is 10.6. The molecule has 0 bridgehead atoms. The monoisotopic (exact) mass is 400 g/mol. The Morgan fingerprint density at radius 1 is 1.03 bits per heavy atom. The summed E-state index contributed by atoms with van der Waals surface area (Å²) in [7, 11) is 0. The van der Waals surface area contributed by atoms with Gasteiger partial charge in [0, 0.05) is 37.6 Å². The molecule has 0 saturated carbocycles. The van der Waals surface area contributed by atoms with E-state index in [0.717, 1.165) is 36.1 Å². The highest BCUT2D eigenvalue weighted by Gasteiger charge is 2.27. The lowest BCUT2D eigenvalue weighted by atomic mass is 9.97. The van der Waals surface area contributed by atoms with Crippen molar-refractivity contribution in [1.29, 1.82) is 0 Å². The van der Waals surface area contributed by atoms with E-state index in [-0.39, 0.29) is 11.8 Å². The Bertz CT molecular complexity index is 998. The Labute approximate surface area is 178 Å². The molecular weight excluding hydrogens is 372 g/mol. The zero-order valence-corrected chi connectivity index (χ0v) is 17.6. The number of anilines is 1. The molecule has 1 saturated heterocycles. The number of carbonyl (C=O) groups is 1. The van der Waals surface area contributed by atoms with Gasteiger partial charge in [-0.1, -0.05) is 59.7 Å². The van der Waals surface area contributed by atoms with Crippen molar-refractivity contribution < 1.29 is 4.79 Å². The molecule has 4 rings (SSSR count). The fourth-order valence-electron chi connectivity index (χ4n) is 3.91. The minimum Gasteiger partial charge on any atom is -0.352 e. The summed E-state index contributed by atoms with van der Waals surface area (Å²) in [5.41, 5.74) is 5.68. The lowest BCUT2D eigenvalue weighted by Gasteiger charge is -2.32. The lowest BCUT2D eigenvalue weighted by molar-refractivity contribution is -0.125. The predicted octanol–water partition coefficient (Wildman–Crippen LogP) is 4.29. The van der Waals surface area contributed by atoms with Gasteiger partial charge in [-0.2, -0.15) is 0 Å². The lowest BCUT2D eigenvalue weighted by Crippen LogP contribution is -2.43. The number of nitrogens with zero attached hydrogens (tertiary/aromatic N) is 3. The van der Waals surface area contributed by atoms with Gasteiger partial charge in [0.2, 0.25) is 11.9 Å². The van der Waals surface area contributed by atoms with Crippen LogP contribution in [0.3, 0.4) is 0 Å². The quantitative estimate of drug-likeness (QED) is 0.694. The van der Waals surface area contributed by atoms with Gasteiger partial charge >= 0.3 is 0 Å². The second-order valence-electron chi connectivity index (χ2n) is 8.13. The molecule has 0 spiro atoms. The minimum atomic E-state index is -0.0380. The van der Waals surface area contributed by atoms with Crippen molar-refractivity contribution in [1.82, 2.24) is 15.3 Å². The number of amides is 1. The van der Waals surface area contributed by atoms with Crippen LogP contribution in [0.25, 0.3) is 11.1 Å². The Morgan fingerprint density at radius 2 is 1.80 bits per heavy atom. The third-order valence-corrected chi connectivity index (χ3v) is 5.65. The van der Waals surface area contributed by atoms with E-state index in [0.29, 0.717) is 19.0 Å². The summed E-state index contributed by atoms with van der Waals surface area (Å²) in [5, 5.41) is 3.10. The number of piperidine rings is 1. The predicted molar refractivity (Wildman–Crippen MR) is 120 cm³/mol. The molecule has 1 N–H and O–H groups in total. The summed E-state index contributed by atoms with van der Waals surface area (Å²) < 4.78 is 0. The molecule has 5 nitrogen and oxygen atoms in total. The molecule has 154 valence electrons. The van der Waals surface area contributed by atoms with Crippen LogP contribution in [-0.2, 0) is 11.3 Å². The van der Waals surface area contributed by atoms with Crippen molar-refractivity contribution >= 4 is 11.9 Å². The van der Waals surface area contributed by atoms with Gasteiger partial charge in [-0.3, -0.25) is 4.79 Å². The highest BCUT2D eigenvalue weighted by molar-refractivity contribution is 5.79. The van der Waals surface area contributed by atoms with E-state index < -0.39 is 0 Å². The maximum atomic E-state index is 12.7. The molecule has 1 aliphatic rings. The van der Waals surface area contributed by atoms with Crippen LogP contribution in [0.5, 0.6) is 0 Å². The first-order valence-corrected chi connectivity index (χ1v) is 10.6. The Kier molecular flexibility index (Phi) is 6.07. The topological polar surface area (TPSA) is 58.1 Å². The van der Waals surface area contributed by atoms with Crippen molar-refractivity contribution in [2.24, 2.45) is 5.92 Å². The smallest absolute Gasteiger partial charge is 0.225 e. The standard InChI is InChI=1S/C25H28N4O/c1-18-8-10-21(11-9-18)23-15-27-25(28-16-23)29-12-4-7-22(17-29)24(30)26-14-20-6-3-5-19(2)13-20/h3,5-6,8-11,13,15-16,22H,4,7,12,14,17H2,1-2H3,(H,26,30). The number of rotatable bonds is 5. The average Bonchev–Trinajstić information content (AvgIpc) is 2.78. The van der Waals surface area contributed by atoms with Gasteiger partial charge in [-0.25, -0.2) is 9.97 Å². The molecule has 1 fully saturated rings. The van der Waals surface area contributed by atoms with Gasteiger partial charge in [0.1, 0.15) is 0 Å². The van der Waals surface area contributed by atoms with Crippen molar-refractivity contribution in [3.63, 3.8) is 0 Å². The molecule has 5 heteroatoms. The van der Waals surface area contributed by atoms with E-state index in [9.17, 15) is 4.79 Å². The normalized spacial score (nSPS) is 16.3. The Morgan fingerprint density at radius 3 is 2.53 bits per heavy atom. The van der Waals surface area contributed by atoms with Gasteiger partial charge in [-0.05, 0) is 37.8 Å². The molecule has 0 radical (unpaired) electrons. The molecule has 1 aliphatic heterocycles. The number of nitrogens with one attached hydrogen (secondary N) is 1. The van der Waals surface area contributed by atoms with E-state index in [1.807, 2.05) is 24.5 Å². The second-order valence-corrected chi connectivity index (χ2v) is 8.13. The molecule has 1 amide bonds. The van der Waals surface area contributed by atoms with Crippen LogP contribution in [0.4, 0.5) is 5.95 Å². The summed E-state index contributed by atoms with van der Waals surface area (Å²) in [6, 6.07) is 16.6. The summed E-state index contributed by atoms with van der Waals surface area (Å²) >= 11 is 0. The molecule has 0 aliphatic carbocycles. The van der Waals surface area contributed by atoms with Crippen LogP contribution in [0.2, 0.25) is 0 Å². The summed E-state index contributed by atoms with van der Waals surface area (Å²) in [4.78, 5) is 24.0. The fourth-order valence-corrected chi connectivity index (χ4v) is 3.91. The third kappa shape index (κ3) is 4.85. The van der Waals surface area contributed by atoms with E-state index >= 15 is 0 Å². The van der Waals surface area contributed by atoms with Crippen LogP contribution in [-0.4, -0.2) is 29.0 Å². The number of benzene rings is 2. The zero-order valence-electron chi connectivity index (χ0n) is 17.6. The van der Waals surface area contributed by atoms with Crippen LogP contribution in [0.1, 0.15) is 29.5 Å². The molecule has 1 atom stereocenters. The Hall–Kier alpha value is -3.21. The van der Waals surface area contributed by atoms with E-state index in [2.05, 4.69) is 70.4 Å². The molecule has 1 aromatic heterocycles. The Balaban J connectivity index is 1.37. The van der Waals surface area contributed by atoms with E-state index in [1.54, 1.807) is 0 Å². The van der Waals surface area contributed by atoms with Gasteiger partial charge in [0.25, 0.3) is 0 Å². The molecule has 2 heterocycles. The first kappa shape index (κ1) is 20.1. The van der Waals surface area contributed by atoms with Gasteiger partial charge in [0.15, 0.2) is 0 Å². The van der Waals surface area contributed by atoms with E-state index in [4.69, 9.17) is 0 Å². The van der Waals surface area contributed by atoms with Crippen molar-refractivity contribution in [3.05, 3.63) is 77.6 Å². The zero-order chi connectivity index (χ0) is 20.9. The molecule has 3 aromatic rings. The van der Waals surface area contributed by atoms with Crippen LogP contribution < -0.4 is 10.2 Å². The average molecular weight is 401 g/mol. The number of carbonyl (C=O) groups excluding carboxylic acids is 1. The SMILES string of the molecule is Cc1ccc(-c2cnc(N3CCCC(C(=O)NCc4cccc(C)c4)C3)nc2)cc1. The molecule has 30 heavy (non-hydrogen) atoms. The van der Waals surface area contributed by atoms with Crippen molar-refractivity contribution in [2.75, 3.05) is 18.0 Å². The maximum Gasteiger partial charge on any atom is 0.225 e. The van der Waals surface area contributed by atoms with E-state index in [1.165, 1.54) is 11.1 Å². The van der Waals surface area contributed by atoms with Crippen molar-refractivity contribution in [3.8, 4) is 11.1 Å². The first-order chi connectivity index (χ1) is 14.6. The third-order valence-electron chi connectivity index (χ3n) is 5.65. The number of hydrogen-bond donors (Lipinski definition) is 1.